The lowest BCUT2D eigenvalue weighted by molar-refractivity contribution is 0.424. The zero-order chi connectivity index (χ0) is 64.4. The minimum Gasteiger partial charge on any atom is -0.456 e. The molecule has 10 nitrogen and oxygen atoms in total. The minimum absolute atomic E-state index is 0. The Kier molecular flexibility index (Phi) is 22.1. The summed E-state index contributed by atoms with van der Waals surface area (Å²) in [4.78, 5) is 0. The first kappa shape index (κ1) is 67.0. The lowest BCUT2D eigenvalue weighted by atomic mass is 9.80. The van der Waals surface area contributed by atoms with Crippen molar-refractivity contribution < 1.29 is 34.8 Å². The van der Waals surface area contributed by atoms with Crippen LogP contribution in [0.2, 0.25) is 0 Å². The van der Waals surface area contributed by atoms with Crippen LogP contribution >= 0.6 is 86.3 Å². The van der Waals surface area contributed by atoms with Gasteiger partial charge in [0.2, 0.25) is 0 Å². The average molecular weight is 1590 g/mol. The molecule has 0 spiro atoms. The second-order valence-electron chi connectivity index (χ2n) is 20.7. The maximum absolute atomic E-state index is 9.70. The van der Waals surface area contributed by atoms with E-state index in [1.165, 1.54) is 9.64 Å². The van der Waals surface area contributed by atoms with Crippen LogP contribution in [-0.2, 0) is 0 Å². The van der Waals surface area contributed by atoms with Crippen LogP contribution in [-0.4, -0.2) is 34.3 Å². The molecular formula is C76H52B2Br4IN3O7. The van der Waals surface area contributed by atoms with Crippen LogP contribution in [0, 0.1) is 37.6 Å². The van der Waals surface area contributed by atoms with E-state index in [1.807, 2.05) is 140 Å². The molecular weight excluding hydrogens is 1530 g/mol. The molecule has 0 bridgehead atoms. The van der Waals surface area contributed by atoms with Crippen molar-refractivity contribution in [2.45, 2.75) is 7.43 Å². The highest BCUT2D eigenvalue weighted by Crippen LogP contribution is 2.44. The van der Waals surface area contributed by atoms with E-state index in [2.05, 4.69) is 171 Å². The van der Waals surface area contributed by atoms with Gasteiger partial charge in [-0.05, 0) is 214 Å². The van der Waals surface area contributed by atoms with Crippen LogP contribution in [0.5, 0.6) is 0 Å². The van der Waals surface area contributed by atoms with E-state index in [9.17, 15) is 5.26 Å². The summed E-state index contributed by atoms with van der Waals surface area (Å²) < 4.78 is 23.3. The molecule has 0 aliphatic carbocycles. The van der Waals surface area contributed by atoms with Crippen molar-refractivity contribution in [3.8, 4) is 62.7 Å². The van der Waals surface area contributed by atoms with Gasteiger partial charge in [0, 0.05) is 60.8 Å². The van der Waals surface area contributed by atoms with Crippen molar-refractivity contribution >= 4 is 177 Å². The molecule has 3 aromatic heterocycles. The van der Waals surface area contributed by atoms with Gasteiger partial charge < -0.3 is 33.3 Å². The normalized spacial score (nSPS) is 10.5. The van der Waals surface area contributed by atoms with E-state index >= 15 is 0 Å². The lowest BCUT2D eigenvalue weighted by Gasteiger charge is -2.17. The number of furan rings is 3. The first-order chi connectivity index (χ1) is 44.7. The number of nitrogens with zero attached hydrogens (tertiary/aromatic N) is 3. The van der Waals surface area contributed by atoms with Crippen molar-refractivity contribution in [3.05, 3.63) is 293 Å². The summed E-state index contributed by atoms with van der Waals surface area (Å²) in [5, 5.41) is 68.9. The Labute approximate surface area is 585 Å². The van der Waals surface area contributed by atoms with E-state index in [1.54, 1.807) is 42.5 Å². The maximum Gasteiger partial charge on any atom is 0.488 e. The third-order valence-corrected chi connectivity index (χ3v) is 20.2. The molecule has 0 saturated carbocycles. The smallest absolute Gasteiger partial charge is 0.456 e. The van der Waals surface area contributed by atoms with Gasteiger partial charge in [0.1, 0.15) is 33.5 Å². The first-order valence-corrected chi connectivity index (χ1v) is 32.6. The molecule has 12 aromatic carbocycles. The molecule has 93 heavy (non-hydrogen) atoms. The first-order valence-electron chi connectivity index (χ1n) is 28.3. The zero-order valence-electron chi connectivity index (χ0n) is 48.1. The maximum atomic E-state index is 9.70. The van der Waals surface area contributed by atoms with Gasteiger partial charge in [0.05, 0.1) is 34.9 Å². The van der Waals surface area contributed by atoms with Crippen molar-refractivity contribution in [1.29, 1.82) is 15.8 Å². The van der Waals surface area contributed by atoms with E-state index < -0.39 is 14.2 Å². The zero-order valence-corrected chi connectivity index (χ0v) is 56.6. The van der Waals surface area contributed by atoms with Gasteiger partial charge in [0.15, 0.2) is 0 Å². The van der Waals surface area contributed by atoms with Gasteiger partial charge in [-0.3, -0.25) is 0 Å². The summed E-state index contributed by atoms with van der Waals surface area (Å²) in [6.07, 6.45) is 0. The second-order valence-corrected chi connectivity index (χ2v) is 25.2. The standard InChI is InChI=1S/C37H21NO2.C13H7Br2N.C12H9BO3.C7H6BNO2.C6H3Br2I.CH4.H2/c38-22-23-7-5-8-26(19-23)37-27(24-15-17-35-31(20-24)29-9-1-3-13-33(29)39-35)11-6-12-28(37)25-16-18-36-32(21-25)30-10-2-4-14-34(30)40-36;14-11-5-2-6-12(15)13(11)10-4-1-3-9(7-10)8-16;14-13(15)8-5-6-12-10(7-8)9-3-1-2-4-11(9)16-12;9-5-6-2-1-3-7(4-6)8(10)11;7-4-2-1-3-5(8)6(4)9;;/h1-21H;1-7H;1-7,14-15H;1-4,10-11H;1-3H;1H4;1H. The molecule has 0 atom stereocenters. The second kappa shape index (κ2) is 30.7. The van der Waals surface area contributed by atoms with Crippen LogP contribution in [0.1, 0.15) is 25.5 Å². The monoisotopic (exact) mass is 1580 g/mol. The van der Waals surface area contributed by atoms with Gasteiger partial charge >= 0.3 is 14.2 Å². The topological polar surface area (TPSA) is 192 Å². The van der Waals surface area contributed by atoms with Crippen molar-refractivity contribution in [3.63, 3.8) is 0 Å². The number of hydrogen-bond acceptors (Lipinski definition) is 10. The Hall–Kier alpha value is -8.87. The Morgan fingerprint density at radius 2 is 0.667 bits per heavy atom. The molecule has 15 aromatic rings. The molecule has 0 radical (unpaired) electrons. The number of para-hydroxylation sites is 3. The average Bonchev–Trinajstić information content (AvgIpc) is 1.40. The number of fused-ring (bicyclic) bond motifs is 9. The Morgan fingerprint density at radius 1 is 0.323 bits per heavy atom. The molecule has 0 aliphatic heterocycles. The van der Waals surface area contributed by atoms with Gasteiger partial charge in [0.25, 0.3) is 0 Å². The summed E-state index contributed by atoms with van der Waals surface area (Å²) in [5.41, 5.74) is 16.1. The number of nitriles is 3. The predicted octanol–water partition coefficient (Wildman–Crippen LogP) is 20.3. The molecule has 0 saturated heterocycles. The van der Waals surface area contributed by atoms with Crippen molar-refractivity contribution in [2.75, 3.05) is 0 Å². The number of halogens is 5. The summed E-state index contributed by atoms with van der Waals surface area (Å²) in [7, 11) is -2.94. The third-order valence-electron chi connectivity index (χ3n) is 14.9. The molecule has 0 fully saturated rings. The highest BCUT2D eigenvalue weighted by Gasteiger charge is 2.19. The van der Waals surface area contributed by atoms with Crippen LogP contribution in [0.25, 0.3) is 110 Å². The third kappa shape index (κ3) is 15.3. The van der Waals surface area contributed by atoms with Gasteiger partial charge in [-0.1, -0.05) is 185 Å². The van der Waals surface area contributed by atoms with E-state index in [0.717, 1.165) is 128 Å². The van der Waals surface area contributed by atoms with Gasteiger partial charge in [-0.25, -0.2) is 0 Å². The summed E-state index contributed by atoms with van der Waals surface area (Å²) >= 11 is 16.1. The summed E-state index contributed by atoms with van der Waals surface area (Å²) in [6.45, 7) is 0. The largest absolute Gasteiger partial charge is 0.488 e. The molecule has 3 heterocycles. The van der Waals surface area contributed by atoms with Gasteiger partial charge in [-0.15, -0.1) is 0 Å². The predicted molar refractivity (Wildman–Crippen MR) is 402 cm³/mol. The highest BCUT2D eigenvalue weighted by molar-refractivity contribution is 14.1. The molecule has 0 amide bonds. The van der Waals surface area contributed by atoms with E-state index in [-0.39, 0.29) is 8.85 Å². The van der Waals surface area contributed by atoms with Crippen LogP contribution in [0.3, 0.4) is 0 Å². The fourth-order valence-corrected chi connectivity index (χ4v) is 13.4. The van der Waals surface area contributed by atoms with Gasteiger partial charge in [-0.2, -0.15) is 15.8 Å². The fraction of sp³-hybridized carbons (Fsp3) is 0.0132. The number of benzene rings is 12. The lowest BCUT2D eigenvalue weighted by Crippen LogP contribution is -2.29. The number of hydrogen-bond donors (Lipinski definition) is 4. The van der Waals surface area contributed by atoms with Crippen LogP contribution in [0.4, 0.5) is 0 Å². The highest BCUT2D eigenvalue weighted by atomic mass is 127. The van der Waals surface area contributed by atoms with Crippen molar-refractivity contribution in [2.24, 2.45) is 0 Å². The molecule has 0 aliphatic rings. The van der Waals surface area contributed by atoms with Crippen LogP contribution < -0.4 is 10.9 Å². The Bertz CT molecular complexity index is 5200. The minimum atomic E-state index is -1.50. The molecule has 454 valence electrons. The molecule has 0 unspecified atom stereocenters. The summed E-state index contributed by atoms with van der Waals surface area (Å²) in [5.74, 6) is 0. The van der Waals surface area contributed by atoms with Crippen LogP contribution in [0.15, 0.2) is 286 Å². The number of rotatable bonds is 6. The molecule has 17 heteroatoms. The quantitative estimate of drug-likeness (QED) is 0.0708. The van der Waals surface area contributed by atoms with E-state index in [0.29, 0.717) is 27.6 Å². The fourth-order valence-electron chi connectivity index (χ4n) is 10.5. The Morgan fingerprint density at radius 3 is 1.10 bits per heavy atom. The SMILES string of the molecule is Brc1cccc(Br)c1I.C.N#Cc1cccc(-c2c(-c3ccc4oc5ccccc5c4c3)cccc2-c2ccc3oc4ccccc4c3c2)c1.N#Cc1cccc(-c2c(Br)cccc2Br)c1.N#Cc1cccc(B(O)O)c1.OB(O)c1ccc2oc3ccccc3c2c1.[HH]. The van der Waals surface area contributed by atoms with Crippen molar-refractivity contribution in [1.82, 2.24) is 0 Å². The summed E-state index contributed by atoms with van der Waals surface area (Å²) in [6, 6.07) is 88.2. The molecule has 15 rings (SSSR count). The molecule has 4 N–H and O–H groups in total. The van der Waals surface area contributed by atoms with E-state index in [4.69, 9.17) is 43.9 Å². The Balaban J connectivity index is 0.000000159.